The number of rotatable bonds is 5. The van der Waals surface area contributed by atoms with Gasteiger partial charge in [-0.3, -0.25) is 4.79 Å². The van der Waals surface area contributed by atoms with Crippen LogP contribution in [0.3, 0.4) is 0 Å². The minimum atomic E-state index is -1.42. The van der Waals surface area contributed by atoms with Gasteiger partial charge < -0.3 is 21.3 Å². The summed E-state index contributed by atoms with van der Waals surface area (Å²) >= 11 is 0. The lowest BCUT2D eigenvalue weighted by Gasteiger charge is -2.20. The van der Waals surface area contributed by atoms with Gasteiger partial charge in [-0.05, 0) is 12.8 Å². The summed E-state index contributed by atoms with van der Waals surface area (Å²) in [6, 6.07) is -0.114. The molecule has 5 N–H and O–H groups in total. The second kappa shape index (κ2) is 7.33. The van der Waals surface area contributed by atoms with Crippen molar-refractivity contribution in [2.24, 2.45) is 11.7 Å². The number of carbonyl (C=O) groups is 2. The van der Waals surface area contributed by atoms with E-state index in [0.29, 0.717) is 0 Å². The van der Waals surface area contributed by atoms with Crippen LogP contribution in [0.15, 0.2) is 0 Å². The molecule has 0 aliphatic heterocycles. The molecule has 0 radical (unpaired) electrons. The minimum absolute atomic E-state index is 0.0169. The molecule has 6 nitrogen and oxygen atoms in total. The quantitative estimate of drug-likeness (QED) is 0.512. The van der Waals surface area contributed by atoms with Gasteiger partial charge in [0.15, 0.2) is 6.10 Å². The topological polar surface area (TPSA) is 113 Å². The lowest BCUT2D eigenvalue weighted by Crippen LogP contribution is -2.42. The highest BCUT2D eigenvalue weighted by molar-refractivity contribution is 5.79. The van der Waals surface area contributed by atoms with Gasteiger partial charge in [0.2, 0.25) is 5.91 Å². The van der Waals surface area contributed by atoms with Gasteiger partial charge >= 0.3 is 5.97 Å². The SMILES string of the molecule is NC1CCCCCC1C(=O)NCCC(O)C(=O)O. The molecular formula is C12H22N2O4. The number of aliphatic hydroxyl groups excluding tert-OH is 1. The Balaban J connectivity index is 2.32. The highest BCUT2D eigenvalue weighted by atomic mass is 16.4. The average molecular weight is 258 g/mol. The highest BCUT2D eigenvalue weighted by Gasteiger charge is 2.26. The molecule has 3 unspecified atom stereocenters. The van der Waals surface area contributed by atoms with Crippen LogP contribution >= 0.6 is 0 Å². The van der Waals surface area contributed by atoms with Crippen LogP contribution in [0.2, 0.25) is 0 Å². The van der Waals surface area contributed by atoms with Gasteiger partial charge in [0, 0.05) is 19.0 Å². The van der Waals surface area contributed by atoms with Crippen molar-refractivity contribution in [3.05, 3.63) is 0 Å². The predicted octanol–water partition coefficient (Wildman–Crippen LogP) is -0.154. The van der Waals surface area contributed by atoms with Crippen molar-refractivity contribution in [1.82, 2.24) is 5.32 Å². The van der Waals surface area contributed by atoms with E-state index in [1.165, 1.54) is 0 Å². The zero-order valence-electron chi connectivity index (χ0n) is 10.5. The van der Waals surface area contributed by atoms with Crippen molar-refractivity contribution < 1.29 is 19.8 Å². The molecule has 6 heteroatoms. The zero-order valence-corrected chi connectivity index (χ0v) is 10.5. The summed E-state index contributed by atoms with van der Waals surface area (Å²) in [4.78, 5) is 22.3. The summed E-state index contributed by atoms with van der Waals surface area (Å²) in [6.45, 7) is 0.162. The third kappa shape index (κ3) is 4.62. The molecule has 104 valence electrons. The van der Waals surface area contributed by atoms with Crippen molar-refractivity contribution in [3.8, 4) is 0 Å². The molecule has 1 saturated carbocycles. The van der Waals surface area contributed by atoms with Crippen LogP contribution in [0.1, 0.15) is 38.5 Å². The maximum absolute atomic E-state index is 11.9. The van der Waals surface area contributed by atoms with Gasteiger partial charge in [-0.1, -0.05) is 19.3 Å². The molecule has 0 spiro atoms. The first-order valence-corrected chi connectivity index (χ1v) is 6.46. The first kappa shape index (κ1) is 14.9. The Morgan fingerprint density at radius 2 is 1.94 bits per heavy atom. The molecule has 1 fully saturated rings. The number of hydrogen-bond donors (Lipinski definition) is 4. The molecule has 1 rings (SSSR count). The minimum Gasteiger partial charge on any atom is -0.479 e. The van der Waals surface area contributed by atoms with E-state index in [1.54, 1.807) is 0 Å². The van der Waals surface area contributed by atoms with E-state index in [9.17, 15) is 9.59 Å². The summed E-state index contributed by atoms with van der Waals surface area (Å²) in [7, 11) is 0. The number of amides is 1. The number of hydrogen-bond acceptors (Lipinski definition) is 4. The second-order valence-corrected chi connectivity index (χ2v) is 4.84. The fourth-order valence-electron chi connectivity index (χ4n) is 2.25. The van der Waals surface area contributed by atoms with Gasteiger partial charge in [-0.2, -0.15) is 0 Å². The lowest BCUT2D eigenvalue weighted by molar-refractivity contribution is -0.147. The summed E-state index contributed by atoms with van der Waals surface area (Å²) in [5.74, 6) is -1.58. The summed E-state index contributed by atoms with van der Waals surface area (Å²) < 4.78 is 0. The molecule has 0 aromatic rings. The first-order chi connectivity index (χ1) is 8.52. The van der Waals surface area contributed by atoms with Crippen LogP contribution in [0.25, 0.3) is 0 Å². The molecule has 1 amide bonds. The number of aliphatic carboxylic acids is 1. The second-order valence-electron chi connectivity index (χ2n) is 4.84. The molecule has 1 aliphatic carbocycles. The Kier molecular flexibility index (Phi) is 6.07. The van der Waals surface area contributed by atoms with Crippen molar-refractivity contribution in [3.63, 3.8) is 0 Å². The Bertz CT molecular complexity index is 296. The van der Waals surface area contributed by atoms with E-state index in [2.05, 4.69) is 5.32 Å². The molecule has 0 bridgehead atoms. The van der Waals surface area contributed by atoms with Crippen LogP contribution in [0.4, 0.5) is 0 Å². The van der Waals surface area contributed by atoms with Gasteiger partial charge in [0.05, 0.1) is 5.92 Å². The zero-order chi connectivity index (χ0) is 13.5. The fourth-order valence-corrected chi connectivity index (χ4v) is 2.25. The third-order valence-electron chi connectivity index (χ3n) is 3.41. The van der Waals surface area contributed by atoms with Crippen molar-refractivity contribution in [1.29, 1.82) is 0 Å². The third-order valence-corrected chi connectivity index (χ3v) is 3.41. The smallest absolute Gasteiger partial charge is 0.332 e. The predicted molar refractivity (Wildman–Crippen MR) is 65.8 cm³/mol. The van der Waals surface area contributed by atoms with E-state index in [4.69, 9.17) is 15.9 Å². The van der Waals surface area contributed by atoms with Crippen molar-refractivity contribution in [2.75, 3.05) is 6.54 Å². The fraction of sp³-hybridized carbons (Fsp3) is 0.833. The number of nitrogens with two attached hydrogens (primary N) is 1. The van der Waals surface area contributed by atoms with E-state index >= 15 is 0 Å². The number of nitrogens with one attached hydrogen (secondary N) is 1. The molecule has 0 heterocycles. The van der Waals surface area contributed by atoms with Crippen molar-refractivity contribution >= 4 is 11.9 Å². The van der Waals surface area contributed by atoms with E-state index in [1.807, 2.05) is 0 Å². The molecule has 0 saturated heterocycles. The highest BCUT2D eigenvalue weighted by Crippen LogP contribution is 2.22. The molecule has 18 heavy (non-hydrogen) atoms. The van der Waals surface area contributed by atoms with Crippen LogP contribution < -0.4 is 11.1 Å². The Labute approximate surface area is 107 Å². The van der Waals surface area contributed by atoms with E-state index in [0.717, 1.165) is 32.1 Å². The monoisotopic (exact) mass is 258 g/mol. The van der Waals surface area contributed by atoms with E-state index in [-0.39, 0.29) is 30.8 Å². The van der Waals surface area contributed by atoms with E-state index < -0.39 is 12.1 Å². The first-order valence-electron chi connectivity index (χ1n) is 6.46. The van der Waals surface area contributed by atoms with Crippen molar-refractivity contribution in [2.45, 2.75) is 50.7 Å². The number of carboxylic acid groups (broad SMARTS) is 1. The Morgan fingerprint density at radius 1 is 1.28 bits per heavy atom. The number of carboxylic acids is 1. The Hall–Kier alpha value is -1.14. The maximum Gasteiger partial charge on any atom is 0.332 e. The average Bonchev–Trinajstić information content (AvgIpc) is 2.53. The summed E-state index contributed by atoms with van der Waals surface area (Å²) in [5, 5.41) is 20.2. The van der Waals surface area contributed by atoms with Crippen LogP contribution in [-0.2, 0) is 9.59 Å². The number of aliphatic hydroxyl groups is 1. The van der Waals surface area contributed by atoms with Crippen LogP contribution in [0.5, 0.6) is 0 Å². The maximum atomic E-state index is 11.9. The summed E-state index contributed by atoms with van der Waals surface area (Å²) in [6.07, 6.45) is 3.41. The Morgan fingerprint density at radius 3 is 2.61 bits per heavy atom. The standard InChI is InChI=1S/C12H22N2O4/c13-9-5-3-1-2-4-8(9)11(16)14-7-6-10(15)12(17)18/h8-10,15H,1-7,13H2,(H,14,16)(H,17,18). The van der Waals surface area contributed by atoms with Gasteiger partial charge in [-0.25, -0.2) is 4.79 Å². The molecule has 3 atom stereocenters. The van der Waals surface area contributed by atoms with Crippen LogP contribution in [-0.4, -0.2) is 40.8 Å². The molecule has 0 aromatic heterocycles. The largest absolute Gasteiger partial charge is 0.479 e. The molecular weight excluding hydrogens is 236 g/mol. The normalized spacial score (nSPS) is 26.1. The molecule has 0 aromatic carbocycles. The molecule has 1 aliphatic rings. The number of carbonyl (C=O) groups excluding carboxylic acids is 1. The van der Waals surface area contributed by atoms with Gasteiger partial charge in [0.25, 0.3) is 0 Å². The summed E-state index contributed by atoms with van der Waals surface area (Å²) in [5.41, 5.74) is 5.96. The van der Waals surface area contributed by atoms with Crippen LogP contribution in [0, 0.1) is 5.92 Å². The van der Waals surface area contributed by atoms with Gasteiger partial charge in [0.1, 0.15) is 0 Å². The lowest BCUT2D eigenvalue weighted by atomic mass is 9.94. The van der Waals surface area contributed by atoms with Gasteiger partial charge in [-0.15, -0.1) is 0 Å².